The molecule has 0 radical (unpaired) electrons. The Bertz CT molecular complexity index is 623. The molecule has 0 atom stereocenters. The third-order valence-electron chi connectivity index (χ3n) is 4.10. The van der Waals surface area contributed by atoms with Crippen molar-refractivity contribution in [1.29, 1.82) is 0 Å². The first-order valence-corrected chi connectivity index (χ1v) is 8.30. The molecule has 112 valence electrons. The van der Waals surface area contributed by atoms with Gasteiger partial charge in [-0.1, -0.05) is 16.8 Å². The Morgan fingerprint density at radius 2 is 2.05 bits per heavy atom. The molecule has 1 heterocycles. The molecule has 1 aromatic heterocycles. The van der Waals surface area contributed by atoms with E-state index in [4.69, 9.17) is 16.1 Å². The number of aromatic nitrogens is 2. The molecular weight excluding hydrogens is 354 g/mol. The molecule has 0 unspecified atom stereocenters. The van der Waals surface area contributed by atoms with E-state index in [1.54, 1.807) is 0 Å². The fourth-order valence-corrected chi connectivity index (χ4v) is 3.28. The molecule has 1 aliphatic rings. The molecule has 0 spiro atoms. The SMILES string of the molecule is CNC1CCC(c2nc(-c3ccc(Cl)c(Br)c3)no2)CC1. The Labute approximate surface area is 137 Å². The van der Waals surface area contributed by atoms with Crippen LogP contribution in [0.15, 0.2) is 27.2 Å². The van der Waals surface area contributed by atoms with Crippen LogP contribution in [0.2, 0.25) is 5.02 Å². The van der Waals surface area contributed by atoms with Gasteiger partial charge in [0.2, 0.25) is 11.7 Å². The zero-order valence-electron chi connectivity index (χ0n) is 11.8. The Hall–Kier alpha value is -0.910. The van der Waals surface area contributed by atoms with Gasteiger partial charge in [-0.05, 0) is 66.9 Å². The minimum absolute atomic E-state index is 0.381. The van der Waals surface area contributed by atoms with Gasteiger partial charge in [-0.25, -0.2) is 0 Å². The number of benzene rings is 1. The van der Waals surface area contributed by atoms with Crippen molar-refractivity contribution in [3.05, 3.63) is 33.6 Å². The van der Waals surface area contributed by atoms with Gasteiger partial charge in [0.15, 0.2) is 0 Å². The van der Waals surface area contributed by atoms with Crippen LogP contribution in [0.3, 0.4) is 0 Å². The minimum Gasteiger partial charge on any atom is -0.339 e. The number of nitrogens with zero attached hydrogens (tertiary/aromatic N) is 2. The molecule has 1 aliphatic carbocycles. The van der Waals surface area contributed by atoms with Crippen molar-refractivity contribution in [2.24, 2.45) is 0 Å². The summed E-state index contributed by atoms with van der Waals surface area (Å²) in [6.45, 7) is 0. The van der Waals surface area contributed by atoms with E-state index >= 15 is 0 Å². The summed E-state index contributed by atoms with van der Waals surface area (Å²) in [6, 6.07) is 6.26. The highest BCUT2D eigenvalue weighted by atomic mass is 79.9. The van der Waals surface area contributed by atoms with E-state index in [0.29, 0.717) is 22.8 Å². The van der Waals surface area contributed by atoms with Crippen molar-refractivity contribution in [2.75, 3.05) is 7.05 Å². The van der Waals surface area contributed by atoms with E-state index in [9.17, 15) is 0 Å². The standard InChI is InChI=1S/C15H17BrClN3O/c1-18-11-5-2-9(3-6-11)15-19-14(20-21-15)10-4-7-13(17)12(16)8-10/h4,7-9,11,18H,2-3,5-6H2,1H3. The van der Waals surface area contributed by atoms with Gasteiger partial charge < -0.3 is 9.84 Å². The lowest BCUT2D eigenvalue weighted by atomic mass is 9.86. The number of nitrogens with one attached hydrogen (secondary N) is 1. The van der Waals surface area contributed by atoms with Crippen LogP contribution >= 0.6 is 27.5 Å². The fraction of sp³-hybridized carbons (Fsp3) is 0.467. The topological polar surface area (TPSA) is 51.0 Å². The van der Waals surface area contributed by atoms with E-state index in [1.807, 2.05) is 25.2 Å². The predicted octanol–water partition coefficient (Wildman–Crippen LogP) is 4.40. The van der Waals surface area contributed by atoms with Gasteiger partial charge in [0.25, 0.3) is 0 Å². The molecule has 2 aromatic rings. The monoisotopic (exact) mass is 369 g/mol. The molecule has 0 amide bonds. The molecule has 1 aromatic carbocycles. The van der Waals surface area contributed by atoms with Gasteiger partial charge in [-0.3, -0.25) is 0 Å². The first-order valence-electron chi connectivity index (χ1n) is 7.13. The second-order valence-electron chi connectivity index (χ2n) is 5.42. The summed E-state index contributed by atoms with van der Waals surface area (Å²) in [4.78, 5) is 4.56. The van der Waals surface area contributed by atoms with Crippen LogP contribution in [0, 0.1) is 0 Å². The first kappa shape index (κ1) is 15.0. The van der Waals surface area contributed by atoms with Gasteiger partial charge in [0.1, 0.15) is 0 Å². The van der Waals surface area contributed by atoms with Gasteiger partial charge in [0.05, 0.1) is 5.02 Å². The first-order chi connectivity index (χ1) is 10.2. The van der Waals surface area contributed by atoms with Crippen LogP contribution in [-0.4, -0.2) is 23.2 Å². The van der Waals surface area contributed by atoms with Crippen LogP contribution < -0.4 is 5.32 Å². The summed E-state index contributed by atoms with van der Waals surface area (Å²) in [7, 11) is 2.02. The van der Waals surface area contributed by atoms with Crippen molar-refractivity contribution < 1.29 is 4.52 Å². The molecule has 0 aliphatic heterocycles. The van der Waals surface area contributed by atoms with Crippen LogP contribution in [0.25, 0.3) is 11.4 Å². The van der Waals surface area contributed by atoms with Gasteiger partial charge >= 0.3 is 0 Å². The lowest BCUT2D eigenvalue weighted by Gasteiger charge is -2.25. The smallest absolute Gasteiger partial charge is 0.230 e. The average molecular weight is 371 g/mol. The summed E-state index contributed by atoms with van der Waals surface area (Å²) in [5.74, 6) is 1.76. The van der Waals surface area contributed by atoms with Gasteiger partial charge in [0, 0.05) is 22.0 Å². The summed E-state index contributed by atoms with van der Waals surface area (Å²) in [5.41, 5.74) is 0.908. The van der Waals surface area contributed by atoms with Crippen molar-refractivity contribution in [3.8, 4) is 11.4 Å². The summed E-state index contributed by atoms with van der Waals surface area (Å²) in [5, 5.41) is 8.11. The zero-order chi connectivity index (χ0) is 14.8. The third kappa shape index (κ3) is 3.30. The lowest BCUT2D eigenvalue weighted by Crippen LogP contribution is -2.29. The fourth-order valence-electron chi connectivity index (χ4n) is 2.78. The Morgan fingerprint density at radius 1 is 1.29 bits per heavy atom. The number of hydrogen-bond acceptors (Lipinski definition) is 4. The van der Waals surface area contributed by atoms with Crippen LogP contribution in [0.1, 0.15) is 37.5 Å². The lowest BCUT2D eigenvalue weighted by molar-refractivity contribution is 0.289. The highest BCUT2D eigenvalue weighted by Crippen LogP contribution is 2.33. The van der Waals surface area contributed by atoms with Crippen LogP contribution in [-0.2, 0) is 0 Å². The van der Waals surface area contributed by atoms with Gasteiger partial charge in [-0.15, -0.1) is 0 Å². The average Bonchev–Trinajstić information content (AvgIpc) is 3.00. The number of rotatable bonds is 3. The maximum absolute atomic E-state index is 6.01. The molecule has 0 saturated heterocycles. The molecule has 1 N–H and O–H groups in total. The van der Waals surface area contributed by atoms with Crippen LogP contribution in [0.5, 0.6) is 0 Å². The van der Waals surface area contributed by atoms with E-state index in [0.717, 1.165) is 41.6 Å². The normalized spacial score (nSPS) is 22.4. The molecule has 1 fully saturated rings. The molecule has 6 heteroatoms. The Kier molecular flexibility index (Phi) is 4.62. The molecule has 1 saturated carbocycles. The maximum atomic E-state index is 6.01. The predicted molar refractivity (Wildman–Crippen MR) is 86.5 cm³/mol. The number of hydrogen-bond donors (Lipinski definition) is 1. The molecular formula is C15H17BrClN3O. The molecule has 0 bridgehead atoms. The quantitative estimate of drug-likeness (QED) is 0.870. The van der Waals surface area contributed by atoms with Crippen molar-refractivity contribution in [3.63, 3.8) is 0 Å². The summed E-state index contributed by atoms with van der Waals surface area (Å²) < 4.78 is 6.30. The van der Waals surface area contributed by atoms with Gasteiger partial charge in [-0.2, -0.15) is 4.98 Å². The van der Waals surface area contributed by atoms with Crippen molar-refractivity contribution in [1.82, 2.24) is 15.5 Å². The maximum Gasteiger partial charge on any atom is 0.230 e. The highest BCUT2D eigenvalue weighted by molar-refractivity contribution is 9.10. The largest absolute Gasteiger partial charge is 0.339 e. The molecule has 3 rings (SSSR count). The van der Waals surface area contributed by atoms with Crippen LogP contribution in [0.4, 0.5) is 0 Å². The van der Waals surface area contributed by atoms with E-state index in [2.05, 4.69) is 31.4 Å². The zero-order valence-corrected chi connectivity index (χ0v) is 14.1. The number of halogens is 2. The van der Waals surface area contributed by atoms with E-state index < -0.39 is 0 Å². The Morgan fingerprint density at radius 3 is 2.71 bits per heavy atom. The third-order valence-corrected chi connectivity index (χ3v) is 5.32. The summed E-state index contributed by atoms with van der Waals surface area (Å²) in [6.07, 6.45) is 4.51. The minimum atomic E-state index is 0.381. The van der Waals surface area contributed by atoms with Crippen molar-refractivity contribution in [2.45, 2.75) is 37.6 Å². The van der Waals surface area contributed by atoms with E-state index in [-0.39, 0.29) is 0 Å². The van der Waals surface area contributed by atoms with Crippen molar-refractivity contribution >= 4 is 27.5 Å². The second kappa shape index (κ2) is 6.46. The highest BCUT2D eigenvalue weighted by Gasteiger charge is 2.25. The second-order valence-corrected chi connectivity index (χ2v) is 6.68. The molecule has 21 heavy (non-hydrogen) atoms. The Balaban J connectivity index is 1.76. The van der Waals surface area contributed by atoms with E-state index in [1.165, 1.54) is 0 Å². The summed E-state index contributed by atoms with van der Waals surface area (Å²) >= 11 is 9.42. The molecule has 4 nitrogen and oxygen atoms in total.